The molecular formula is C18H25BF3NO4S. The molecule has 5 nitrogen and oxygen atoms in total. The minimum atomic E-state index is -4.70. The molecule has 1 aliphatic heterocycles. The third-order valence-corrected chi connectivity index (χ3v) is 7.27. The number of halogens is 3. The average Bonchev–Trinajstić information content (AvgIpc) is 3.11. The minimum Gasteiger partial charge on any atom is -0.399 e. The summed E-state index contributed by atoms with van der Waals surface area (Å²) >= 11 is 0. The highest BCUT2D eigenvalue weighted by molar-refractivity contribution is 7.89. The molecule has 2 fully saturated rings. The maximum atomic E-state index is 13.4. The first-order valence-electron chi connectivity index (χ1n) is 9.31. The van der Waals surface area contributed by atoms with Gasteiger partial charge in [-0.25, -0.2) is 13.1 Å². The molecule has 1 saturated carbocycles. The second-order valence-electron chi connectivity index (χ2n) is 8.48. The van der Waals surface area contributed by atoms with Crippen LogP contribution < -0.4 is 10.2 Å². The number of hydrogen-bond donors (Lipinski definition) is 1. The Morgan fingerprint density at radius 3 is 2.07 bits per heavy atom. The molecule has 1 aromatic carbocycles. The smallest absolute Gasteiger partial charge is 0.399 e. The Hall–Kier alpha value is -1.10. The molecule has 0 bridgehead atoms. The van der Waals surface area contributed by atoms with Gasteiger partial charge < -0.3 is 9.31 Å². The Balaban J connectivity index is 2.01. The first-order chi connectivity index (χ1) is 12.7. The standard InChI is InChI=1S/C18H25BF3NO4S/c1-16(2)17(3,4)27-19(26-16)13-9-12(18(20,21)22)10-15(11-13)28(24,25)23-14-7-5-6-8-14/h9-11,14,23H,5-8H2,1-4H3. The van der Waals surface area contributed by atoms with E-state index in [-0.39, 0.29) is 11.5 Å². The van der Waals surface area contributed by atoms with Gasteiger partial charge in [0, 0.05) is 6.04 Å². The monoisotopic (exact) mass is 419 g/mol. The number of benzene rings is 1. The maximum absolute atomic E-state index is 13.4. The molecule has 1 N–H and O–H groups in total. The van der Waals surface area contributed by atoms with E-state index in [1.54, 1.807) is 27.7 Å². The van der Waals surface area contributed by atoms with Gasteiger partial charge in [0.1, 0.15) is 0 Å². The van der Waals surface area contributed by atoms with Gasteiger partial charge in [-0.15, -0.1) is 0 Å². The highest BCUT2D eigenvalue weighted by Gasteiger charge is 2.52. The molecule has 0 unspecified atom stereocenters. The van der Waals surface area contributed by atoms with E-state index >= 15 is 0 Å². The number of rotatable bonds is 4. The van der Waals surface area contributed by atoms with E-state index in [0.29, 0.717) is 18.9 Å². The van der Waals surface area contributed by atoms with Gasteiger partial charge in [-0.1, -0.05) is 18.9 Å². The maximum Gasteiger partial charge on any atom is 0.494 e. The van der Waals surface area contributed by atoms with Crippen molar-refractivity contribution >= 4 is 22.6 Å². The fraction of sp³-hybridized carbons (Fsp3) is 0.667. The van der Waals surface area contributed by atoms with Crippen LogP contribution in [0.1, 0.15) is 58.9 Å². The fourth-order valence-corrected chi connectivity index (χ4v) is 4.77. The van der Waals surface area contributed by atoms with Gasteiger partial charge >= 0.3 is 13.3 Å². The molecule has 0 amide bonds. The Bertz CT molecular complexity index is 833. The zero-order chi connectivity index (χ0) is 21.0. The molecule has 0 aromatic heterocycles. The van der Waals surface area contributed by atoms with Crippen molar-refractivity contribution in [3.8, 4) is 0 Å². The summed E-state index contributed by atoms with van der Waals surface area (Å²) in [5, 5.41) is 0. The van der Waals surface area contributed by atoms with Crippen molar-refractivity contribution in [3.63, 3.8) is 0 Å². The Morgan fingerprint density at radius 1 is 1.04 bits per heavy atom. The van der Waals surface area contributed by atoms with Crippen molar-refractivity contribution in [1.29, 1.82) is 0 Å². The first kappa shape index (κ1) is 21.6. The van der Waals surface area contributed by atoms with Gasteiger partial charge in [-0.2, -0.15) is 13.2 Å². The molecule has 10 heteroatoms. The van der Waals surface area contributed by atoms with E-state index in [2.05, 4.69) is 4.72 Å². The topological polar surface area (TPSA) is 64.6 Å². The van der Waals surface area contributed by atoms with Crippen LogP contribution in [-0.2, 0) is 25.5 Å². The minimum absolute atomic E-state index is 0.0280. The van der Waals surface area contributed by atoms with Crippen LogP contribution in [0.2, 0.25) is 0 Å². The lowest BCUT2D eigenvalue weighted by atomic mass is 9.78. The van der Waals surface area contributed by atoms with Crippen molar-refractivity contribution in [3.05, 3.63) is 23.8 Å². The summed E-state index contributed by atoms with van der Waals surface area (Å²) < 4.78 is 79.9. The second-order valence-corrected chi connectivity index (χ2v) is 10.2. The van der Waals surface area contributed by atoms with Gasteiger partial charge in [-0.05, 0) is 58.1 Å². The summed E-state index contributed by atoms with van der Waals surface area (Å²) in [6.07, 6.45) is -1.54. The predicted molar refractivity (Wildman–Crippen MR) is 99.7 cm³/mol. The van der Waals surface area contributed by atoms with E-state index in [9.17, 15) is 21.6 Å². The summed E-state index contributed by atoms with van der Waals surface area (Å²) in [6.45, 7) is 7.11. The number of nitrogens with one attached hydrogen (secondary N) is 1. The highest BCUT2D eigenvalue weighted by Crippen LogP contribution is 2.37. The molecule has 0 spiro atoms. The lowest BCUT2D eigenvalue weighted by molar-refractivity contribution is -0.137. The number of alkyl halides is 3. The van der Waals surface area contributed by atoms with Crippen molar-refractivity contribution < 1.29 is 30.9 Å². The molecule has 1 saturated heterocycles. The lowest BCUT2D eigenvalue weighted by Gasteiger charge is -2.32. The lowest BCUT2D eigenvalue weighted by Crippen LogP contribution is -2.41. The second kappa shape index (κ2) is 7.00. The van der Waals surface area contributed by atoms with E-state index in [1.807, 2.05) is 0 Å². The van der Waals surface area contributed by atoms with Crippen LogP contribution in [0.25, 0.3) is 0 Å². The number of hydrogen-bond acceptors (Lipinski definition) is 4. The summed E-state index contributed by atoms with van der Waals surface area (Å²) in [5.41, 5.74) is -2.54. The molecule has 3 rings (SSSR count). The molecule has 1 heterocycles. The first-order valence-corrected chi connectivity index (χ1v) is 10.8. The van der Waals surface area contributed by atoms with Crippen LogP contribution in [0, 0.1) is 0 Å². The highest BCUT2D eigenvalue weighted by atomic mass is 32.2. The fourth-order valence-electron chi connectivity index (χ4n) is 3.39. The normalized spacial score (nSPS) is 22.8. The van der Waals surface area contributed by atoms with Gasteiger partial charge in [-0.3, -0.25) is 0 Å². The van der Waals surface area contributed by atoms with E-state index in [4.69, 9.17) is 9.31 Å². The van der Waals surface area contributed by atoms with Gasteiger partial charge in [0.2, 0.25) is 10.0 Å². The van der Waals surface area contributed by atoms with E-state index in [1.165, 1.54) is 6.07 Å². The van der Waals surface area contributed by atoms with Crippen LogP contribution in [0.3, 0.4) is 0 Å². The Kier molecular flexibility index (Phi) is 5.40. The van der Waals surface area contributed by atoms with Gasteiger partial charge in [0.05, 0.1) is 21.7 Å². The van der Waals surface area contributed by atoms with E-state index < -0.39 is 45.0 Å². The Labute approximate surface area is 164 Å². The zero-order valence-corrected chi connectivity index (χ0v) is 17.2. The summed E-state index contributed by atoms with van der Waals surface area (Å²) in [6, 6.07) is 2.50. The quantitative estimate of drug-likeness (QED) is 0.762. The Morgan fingerprint density at radius 2 is 1.57 bits per heavy atom. The van der Waals surface area contributed by atoms with Crippen LogP contribution in [0.5, 0.6) is 0 Å². The number of sulfonamides is 1. The molecule has 2 aliphatic rings. The summed E-state index contributed by atoms with van der Waals surface area (Å²) in [4.78, 5) is -0.432. The SMILES string of the molecule is CC1(C)OB(c2cc(C(F)(F)F)cc(S(=O)(=O)NC3CCCC3)c2)OC1(C)C. The van der Waals surface area contributed by atoms with Crippen LogP contribution in [0.4, 0.5) is 13.2 Å². The van der Waals surface area contributed by atoms with Crippen molar-refractivity contribution in [2.45, 2.75) is 81.7 Å². The third-order valence-electron chi connectivity index (χ3n) is 5.77. The molecule has 156 valence electrons. The van der Waals surface area contributed by atoms with E-state index in [0.717, 1.165) is 18.9 Å². The largest absolute Gasteiger partial charge is 0.494 e. The van der Waals surface area contributed by atoms with Gasteiger partial charge in [0.15, 0.2) is 0 Å². The van der Waals surface area contributed by atoms with Gasteiger partial charge in [0.25, 0.3) is 0 Å². The average molecular weight is 419 g/mol. The summed E-state index contributed by atoms with van der Waals surface area (Å²) in [7, 11) is -5.19. The molecule has 28 heavy (non-hydrogen) atoms. The van der Waals surface area contributed by atoms with Crippen molar-refractivity contribution in [1.82, 2.24) is 4.72 Å². The van der Waals surface area contributed by atoms with Crippen LogP contribution in [-0.4, -0.2) is 32.8 Å². The van der Waals surface area contributed by atoms with Crippen LogP contribution in [0.15, 0.2) is 23.1 Å². The molecule has 1 aromatic rings. The predicted octanol–water partition coefficient (Wildman–Crippen LogP) is 3.23. The third kappa shape index (κ3) is 4.24. The van der Waals surface area contributed by atoms with Crippen LogP contribution >= 0.6 is 0 Å². The van der Waals surface area contributed by atoms with Crippen molar-refractivity contribution in [2.75, 3.05) is 0 Å². The van der Waals surface area contributed by atoms with Crippen molar-refractivity contribution in [2.24, 2.45) is 0 Å². The summed E-state index contributed by atoms with van der Waals surface area (Å²) in [5.74, 6) is 0. The molecule has 0 atom stereocenters. The molecular weight excluding hydrogens is 394 g/mol. The zero-order valence-electron chi connectivity index (χ0n) is 16.4. The molecule has 1 aliphatic carbocycles. The molecule has 0 radical (unpaired) electrons.